The number of hydrogen-bond donors (Lipinski definition) is 0. The molecule has 0 aliphatic carbocycles. The van der Waals surface area contributed by atoms with Crippen molar-refractivity contribution in [2.24, 2.45) is 0 Å². The lowest BCUT2D eigenvalue weighted by molar-refractivity contribution is 0.0764. The SMILES string of the molecule is CCN(CC)C(=O)c1cc(-c2cccc(OC)c2)nn1-c1cccc(C)c1. The summed E-state index contributed by atoms with van der Waals surface area (Å²) in [6, 6.07) is 17.6. The molecule has 0 radical (unpaired) electrons. The van der Waals surface area contributed by atoms with Gasteiger partial charge in [0.25, 0.3) is 5.91 Å². The van der Waals surface area contributed by atoms with Crippen LogP contribution in [0.4, 0.5) is 0 Å². The number of amides is 1. The quantitative estimate of drug-likeness (QED) is 0.654. The first-order chi connectivity index (χ1) is 13.1. The second kappa shape index (κ2) is 8.08. The van der Waals surface area contributed by atoms with Crippen molar-refractivity contribution < 1.29 is 9.53 Å². The Morgan fingerprint density at radius 3 is 2.48 bits per heavy atom. The van der Waals surface area contributed by atoms with Gasteiger partial charge in [0, 0.05) is 18.7 Å². The van der Waals surface area contributed by atoms with Crippen molar-refractivity contribution >= 4 is 5.91 Å². The zero-order valence-corrected chi connectivity index (χ0v) is 16.3. The first-order valence-corrected chi connectivity index (χ1v) is 9.18. The first kappa shape index (κ1) is 18.7. The van der Waals surface area contributed by atoms with E-state index in [1.807, 2.05) is 75.4 Å². The van der Waals surface area contributed by atoms with Crippen molar-refractivity contribution in [3.63, 3.8) is 0 Å². The Balaban J connectivity index is 2.15. The van der Waals surface area contributed by atoms with Gasteiger partial charge in [-0.3, -0.25) is 4.79 Å². The summed E-state index contributed by atoms with van der Waals surface area (Å²) in [7, 11) is 1.64. The minimum absolute atomic E-state index is 0.0249. The van der Waals surface area contributed by atoms with Crippen molar-refractivity contribution in [1.29, 1.82) is 0 Å². The number of ether oxygens (including phenoxy) is 1. The van der Waals surface area contributed by atoms with Gasteiger partial charge >= 0.3 is 0 Å². The third-order valence-corrected chi connectivity index (χ3v) is 4.59. The number of aryl methyl sites for hydroxylation is 1. The molecule has 0 atom stereocenters. The molecule has 0 fully saturated rings. The van der Waals surface area contributed by atoms with Crippen LogP contribution in [0.2, 0.25) is 0 Å². The summed E-state index contributed by atoms with van der Waals surface area (Å²) in [4.78, 5) is 14.9. The van der Waals surface area contributed by atoms with E-state index in [-0.39, 0.29) is 5.91 Å². The molecule has 3 rings (SSSR count). The number of benzene rings is 2. The van der Waals surface area contributed by atoms with Crippen LogP contribution < -0.4 is 4.74 Å². The topological polar surface area (TPSA) is 47.4 Å². The van der Waals surface area contributed by atoms with Gasteiger partial charge in [-0.2, -0.15) is 5.10 Å². The molecule has 0 saturated carbocycles. The van der Waals surface area contributed by atoms with Crippen LogP contribution in [-0.2, 0) is 0 Å². The molecule has 0 bridgehead atoms. The molecule has 0 saturated heterocycles. The van der Waals surface area contributed by atoms with Gasteiger partial charge in [-0.05, 0) is 56.7 Å². The van der Waals surface area contributed by atoms with Crippen molar-refractivity contribution in [2.45, 2.75) is 20.8 Å². The van der Waals surface area contributed by atoms with Crippen LogP contribution in [0.15, 0.2) is 54.6 Å². The smallest absolute Gasteiger partial charge is 0.272 e. The molecular weight excluding hydrogens is 338 g/mol. The van der Waals surface area contributed by atoms with Gasteiger partial charge in [-0.15, -0.1) is 0 Å². The monoisotopic (exact) mass is 363 g/mol. The molecule has 1 heterocycles. The minimum atomic E-state index is -0.0249. The van der Waals surface area contributed by atoms with E-state index in [0.29, 0.717) is 18.8 Å². The molecule has 5 nitrogen and oxygen atoms in total. The lowest BCUT2D eigenvalue weighted by Crippen LogP contribution is -2.32. The Labute approximate surface area is 160 Å². The van der Waals surface area contributed by atoms with E-state index in [0.717, 1.165) is 28.3 Å². The fourth-order valence-corrected chi connectivity index (χ4v) is 3.09. The number of carbonyl (C=O) groups excluding carboxylic acids is 1. The fraction of sp³-hybridized carbons (Fsp3) is 0.273. The Morgan fingerprint density at radius 1 is 1.07 bits per heavy atom. The maximum Gasteiger partial charge on any atom is 0.272 e. The predicted molar refractivity (Wildman–Crippen MR) is 108 cm³/mol. The number of aromatic nitrogens is 2. The van der Waals surface area contributed by atoms with Crippen molar-refractivity contribution in [1.82, 2.24) is 14.7 Å². The van der Waals surface area contributed by atoms with Crippen molar-refractivity contribution in [3.05, 3.63) is 65.9 Å². The zero-order valence-electron chi connectivity index (χ0n) is 16.3. The van der Waals surface area contributed by atoms with Gasteiger partial charge in [-0.1, -0.05) is 24.3 Å². The normalized spacial score (nSPS) is 10.7. The third-order valence-electron chi connectivity index (χ3n) is 4.59. The zero-order chi connectivity index (χ0) is 19.4. The van der Waals surface area contributed by atoms with Crippen LogP contribution in [0.3, 0.4) is 0 Å². The van der Waals surface area contributed by atoms with Gasteiger partial charge < -0.3 is 9.64 Å². The van der Waals surface area contributed by atoms with Crippen LogP contribution >= 0.6 is 0 Å². The molecule has 0 N–H and O–H groups in total. The largest absolute Gasteiger partial charge is 0.497 e. The molecule has 5 heteroatoms. The molecule has 3 aromatic rings. The van der Waals surface area contributed by atoms with Gasteiger partial charge in [0.2, 0.25) is 0 Å². The minimum Gasteiger partial charge on any atom is -0.497 e. The predicted octanol–water partition coefficient (Wildman–Crippen LogP) is 4.34. The molecule has 140 valence electrons. The molecule has 27 heavy (non-hydrogen) atoms. The molecule has 1 amide bonds. The number of carbonyl (C=O) groups is 1. The van der Waals surface area contributed by atoms with Gasteiger partial charge in [0.05, 0.1) is 18.5 Å². The van der Waals surface area contributed by atoms with E-state index >= 15 is 0 Å². The molecule has 1 aromatic heterocycles. The van der Waals surface area contributed by atoms with Gasteiger partial charge in [0.1, 0.15) is 11.4 Å². The Morgan fingerprint density at radius 2 is 1.81 bits per heavy atom. The maximum absolute atomic E-state index is 13.1. The Kier molecular flexibility index (Phi) is 5.60. The molecule has 0 aliphatic heterocycles. The van der Waals surface area contributed by atoms with Gasteiger partial charge in [0.15, 0.2) is 0 Å². The third kappa shape index (κ3) is 3.87. The number of rotatable bonds is 6. The van der Waals surface area contributed by atoms with Crippen LogP contribution in [0.5, 0.6) is 5.75 Å². The maximum atomic E-state index is 13.1. The van der Waals surface area contributed by atoms with Crippen LogP contribution in [0.1, 0.15) is 29.9 Å². The van der Waals surface area contributed by atoms with E-state index in [1.165, 1.54) is 0 Å². The average Bonchev–Trinajstić information content (AvgIpc) is 3.14. The summed E-state index contributed by atoms with van der Waals surface area (Å²) in [6.07, 6.45) is 0. The fourth-order valence-electron chi connectivity index (χ4n) is 3.09. The second-order valence-electron chi connectivity index (χ2n) is 6.38. The van der Waals surface area contributed by atoms with E-state index < -0.39 is 0 Å². The highest BCUT2D eigenvalue weighted by Crippen LogP contribution is 2.26. The van der Waals surface area contributed by atoms with Crippen molar-refractivity contribution in [2.75, 3.05) is 20.2 Å². The van der Waals surface area contributed by atoms with Gasteiger partial charge in [-0.25, -0.2) is 4.68 Å². The first-order valence-electron chi connectivity index (χ1n) is 9.18. The highest BCUT2D eigenvalue weighted by molar-refractivity contribution is 5.94. The number of hydrogen-bond acceptors (Lipinski definition) is 3. The molecule has 2 aromatic carbocycles. The van der Waals surface area contributed by atoms with Crippen LogP contribution in [-0.4, -0.2) is 40.8 Å². The molecular formula is C22H25N3O2. The van der Waals surface area contributed by atoms with E-state index in [9.17, 15) is 4.79 Å². The lowest BCUT2D eigenvalue weighted by Gasteiger charge is -2.19. The van der Waals surface area contributed by atoms with E-state index in [4.69, 9.17) is 9.84 Å². The number of methoxy groups -OCH3 is 1. The second-order valence-corrected chi connectivity index (χ2v) is 6.38. The molecule has 0 unspecified atom stereocenters. The summed E-state index contributed by atoms with van der Waals surface area (Å²) < 4.78 is 7.06. The van der Waals surface area contributed by atoms with E-state index in [2.05, 4.69) is 0 Å². The standard InChI is InChI=1S/C22H25N3O2/c1-5-24(6-2)22(26)21-15-20(17-10-8-12-19(14-17)27-4)23-25(21)18-11-7-9-16(3)13-18/h7-15H,5-6H2,1-4H3. The summed E-state index contributed by atoms with van der Waals surface area (Å²) in [5.41, 5.74) is 4.20. The van der Waals surface area contributed by atoms with Crippen LogP contribution in [0.25, 0.3) is 16.9 Å². The summed E-state index contributed by atoms with van der Waals surface area (Å²) in [5, 5.41) is 4.75. The highest BCUT2D eigenvalue weighted by Gasteiger charge is 2.21. The summed E-state index contributed by atoms with van der Waals surface area (Å²) in [5.74, 6) is 0.734. The van der Waals surface area contributed by atoms with Crippen molar-refractivity contribution in [3.8, 4) is 22.7 Å². The number of nitrogens with zero attached hydrogens (tertiary/aromatic N) is 3. The summed E-state index contributed by atoms with van der Waals surface area (Å²) >= 11 is 0. The highest BCUT2D eigenvalue weighted by atomic mass is 16.5. The summed E-state index contributed by atoms with van der Waals surface area (Å²) in [6.45, 7) is 7.31. The molecule has 0 spiro atoms. The van der Waals surface area contributed by atoms with E-state index in [1.54, 1.807) is 16.7 Å². The Hall–Kier alpha value is -3.08. The van der Waals surface area contributed by atoms with Crippen LogP contribution in [0, 0.1) is 6.92 Å². The Bertz CT molecular complexity index is 942. The molecule has 0 aliphatic rings. The average molecular weight is 363 g/mol. The lowest BCUT2D eigenvalue weighted by atomic mass is 10.1.